The Labute approximate surface area is 182 Å². The van der Waals surface area contributed by atoms with Crippen molar-refractivity contribution in [2.75, 3.05) is 31.3 Å². The van der Waals surface area contributed by atoms with Crippen molar-refractivity contribution in [2.24, 2.45) is 0 Å². The largest absolute Gasteiger partial charge is 0.396 e. The molecule has 0 aliphatic carbocycles. The van der Waals surface area contributed by atoms with E-state index >= 15 is 0 Å². The Balaban J connectivity index is 1.48. The molecule has 3 aromatic rings. The van der Waals surface area contributed by atoms with Gasteiger partial charge in [-0.25, -0.2) is 19.3 Å². The number of aliphatic hydroxyl groups excluding tert-OH is 1. The highest BCUT2D eigenvalue weighted by molar-refractivity contribution is 7.20. The summed E-state index contributed by atoms with van der Waals surface area (Å²) in [7, 11) is 0. The number of rotatable bonds is 5. The van der Waals surface area contributed by atoms with Gasteiger partial charge in [0.15, 0.2) is 10.8 Å². The molecule has 2 aliphatic heterocycles. The van der Waals surface area contributed by atoms with Gasteiger partial charge < -0.3 is 20.1 Å². The molecule has 10 heteroatoms. The lowest BCUT2D eigenvalue weighted by Gasteiger charge is -2.22. The number of aromatic nitrogens is 3. The van der Waals surface area contributed by atoms with Gasteiger partial charge in [0.2, 0.25) is 0 Å². The molecule has 0 bridgehead atoms. The molecule has 2 N–H and O–H groups in total. The molecule has 162 valence electrons. The highest BCUT2D eigenvalue weighted by Gasteiger charge is 2.32. The van der Waals surface area contributed by atoms with Gasteiger partial charge in [0.05, 0.1) is 0 Å². The van der Waals surface area contributed by atoms with Gasteiger partial charge >= 0.3 is 0 Å². The van der Waals surface area contributed by atoms with Gasteiger partial charge in [-0.15, -0.1) is 0 Å². The minimum absolute atomic E-state index is 0.0148. The number of amides is 1. The minimum Gasteiger partial charge on any atom is -0.396 e. The van der Waals surface area contributed by atoms with E-state index in [0.29, 0.717) is 47.4 Å². The van der Waals surface area contributed by atoms with Crippen LogP contribution in [0.25, 0.3) is 10.3 Å². The van der Waals surface area contributed by atoms with Gasteiger partial charge in [0.25, 0.3) is 5.91 Å². The summed E-state index contributed by atoms with van der Waals surface area (Å²) in [6.45, 7) is 1.85. The maximum absolute atomic E-state index is 13.9. The van der Waals surface area contributed by atoms with Crippen molar-refractivity contribution >= 4 is 39.1 Å². The van der Waals surface area contributed by atoms with Crippen LogP contribution >= 0.6 is 11.3 Å². The second-order valence-electron chi connectivity index (χ2n) is 7.75. The van der Waals surface area contributed by atoms with E-state index in [4.69, 9.17) is 4.74 Å². The zero-order valence-corrected chi connectivity index (χ0v) is 17.6. The highest BCUT2D eigenvalue weighted by atomic mass is 32.1. The second kappa shape index (κ2) is 8.45. The van der Waals surface area contributed by atoms with Crippen LogP contribution in [0.1, 0.15) is 40.5 Å². The van der Waals surface area contributed by atoms with Crippen molar-refractivity contribution in [2.45, 2.75) is 31.2 Å². The van der Waals surface area contributed by atoms with E-state index in [1.807, 2.05) is 4.90 Å². The van der Waals surface area contributed by atoms with Crippen molar-refractivity contribution < 1.29 is 19.0 Å². The predicted molar refractivity (Wildman–Crippen MR) is 114 cm³/mol. The predicted octanol–water partition coefficient (Wildman–Crippen LogP) is 2.75. The summed E-state index contributed by atoms with van der Waals surface area (Å²) in [5.41, 5.74) is 2.22. The Bertz CT molecular complexity index is 1120. The number of fused-ring (bicyclic) bond motifs is 2. The van der Waals surface area contributed by atoms with Crippen molar-refractivity contribution in [1.29, 1.82) is 0 Å². The number of thiazole rings is 1. The lowest BCUT2D eigenvalue weighted by Crippen LogP contribution is -2.38. The van der Waals surface area contributed by atoms with Crippen LogP contribution in [0.3, 0.4) is 0 Å². The van der Waals surface area contributed by atoms with Crippen LogP contribution in [0.15, 0.2) is 24.5 Å². The molecular formula is C21H22FN5O3S. The zero-order valence-electron chi connectivity index (χ0n) is 16.8. The van der Waals surface area contributed by atoms with Crippen molar-refractivity contribution in [1.82, 2.24) is 20.3 Å². The van der Waals surface area contributed by atoms with Crippen LogP contribution in [0.2, 0.25) is 0 Å². The van der Waals surface area contributed by atoms with Crippen LogP contribution in [0, 0.1) is 5.82 Å². The average molecular weight is 444 g/mol. The van der Waals surface area contributed by atoms with E-state index in [0.717, 1.165) is 24.1 Å². The third kappa shape index (κ3) is 3.86. The van der Waals surface area contributed by atoms with E-state index < -0.39 is 0 Å². The summed E-state index contributed by atoms with van der Waals surface area (Å²) in [6.07, 6.45) is 3.56. The Kier molecular flexibility index (Phi) is 5.51. The standard InChI is InChI=1S/C21H22FN5O3S/c22-13-1-2-16-15(9-13)12(3-6-28)10-27(16)18-17-20(24-11-23-18)31-21(26-17)19(29)25-14-4-7-30-8-5-14/h1-2,9,11-12,14,28H,3-8,10H2,(H,25,29). The molecule has 2 aliphatic rings. The molecular weight excluding hydrogens is 421 g/mol. The van der Waals surface area contributed by atoms with Gasteiger partial charge in [-0.05, 0) is 43.0 Å². The van der Waals surface area contributed by atoms with E-state index in [1.165, 1.54) is 29.8 Å². The Morgan fingerprint density at radius 3 is 2.97 bits per heavy atom. The number of hydrogen-bond donors (Lipinski definition) is 2. The number of nitrogens with one attached hydrogen (secondary N) is 1. The lowest BCUT2D eigenvalue weighted by molar-refractivity contribution is 0.0696. The van der Waals surface area contributed by atoms with Crippen LogP contribution in [0.4, 0.5) is 15.9 Å². The molecule has 2 aromatic heterocycles. The molecule has 1 atom stereocenters. The van der Waals surface area contributed by atoms with E-state index in [2.05, 4.69) is 20.3 Å². The fourth-order valence-electron chi connectivity index (χ4n) is 4.24. The fourth-order valence-corrected chi connectivity index (χ4v) is 5.05. The number of anilines is 2. The van der Waals surface area contributed by atoms with Gasteiger partial charge in [0, 0.05) is 44.0 Å². The summed E-state index contributed by atoms with van der Waals surface area (Å²) in [6, 6.07) is 4.74. The maximum Gasteiger partial charge on any atom is 0.280 e. The lowest BCUT2D eigenvalue weighted by atomic mass is 9.98. The number of halogens is 1. The van der Waals surface area contributed by atoms with Crippen LogP contribution in [-0.4, -0.2) is 58.4 Å². The van der Waals surface area contributed by atoms with Crippen LogP contribution in [-0.2, 0) is 4.74 Å². The first kappa shape index (κ1) is 20.2. The molecule has 8 nitrogen and oxygen atoms in total. The van der Waals surface area contributed by atoms with Gasteiger partial charge in [0.1, 0.15) is 22.5 Å². The van der Waals surface area contributed by atoms with Gasteiger partial charge in [-0.1, -0.05) is 11.3 Å². The second-order valence-corrected chi connectivity index (χ2v) is 8.73. The van der Waals surface area contributed by atoms with E-state index in [9.17, 15) is 14.3 Å². The number of carbonyl (C=O) groups is 1. The summed E-state index contributed by atoms with van der Waals surface area (Å²) in [5.74, 6) is 0.0373. The molecule has 1 aromatic carbocycles. The molecule has 0 spiro atoms. The summed E-state index contributed by atoms with van der Waals surface area (Å²) >= 11 is 1.23. The third-order valence-corrected chi connectivity index (χ3v) is 6.75. The Morgan fingerprint density at radius 1 is 1.32 bits per heavy atom. The summed E-state index contributed by atoms with van der Waals surface area (Å²) < 4.78 is 19.2. The number of aliphatic hydroxyl groups is 1. The molecule has 1 amide bonds. The smallest absolute Gasteiger partial charge is 0.280 e. The highest BCUT2D eigenvalue weighted by Crippen LogP contribution is 2.43. The Morgan fingerprint density at radius 2 is 2.16 bits per heavy atom. The number of carbonyl (C=O) groups excluding carboxylic acids is 1. The molecule has 4 heterocycles. The molecule has 1 fully saturated rings. The van der Waals surface area contributed by atoms with Crippen molar-refractivity contribution in [3.05, 3.63) is 40.9 Å². The molecule has 1 unspecified atom stereocenters. The topological polar surface area (TPSA) is 100 Å². The maximum atomic E-state index is 13.9. The van der Waals surface area contributed by atoms with Crippen molar-refractivity contribution in [3.8, 4) is 0 Å². The third-order valence-electron chi connectivity index (χ3n) is 5.78. The summed E-state index contributed by atoms with van der Waals surface area (Å²) in [4.78, 5) is 28.7. The summed E-state index contributed by atoms with van der Waals surface area (Å²) in [5, 5.41) is 12.8. The molecule has 0 saturated carbocycles. The zero-order chi connectivity index (χ0) is 21.4. The normalized spacial score (nSPS) is 19.0. The molecule has 5 rings (SSSR count). The fraction of sp³-hybridized carbons (Fsp3) is 0.429. The van der Waals surface area contributed by atoms with Crippen LogP contribution in [0.5, 0.6) is 0 Å². The number of nitrogens with zero attached hydrogens (tertiary/aromatic N) is 4. The quantitative estimate of drug-likeness (QED) is 0.625. The van der Waals surface area contributed by atoms with E-state index in [1.54, 1.807) is 6.07 Å². The molecule has 31 heavy (non-hydrogen) atoms. The first-order valence-corrected chi connectivity index (χ1v) is 11.1. The minimum atomic E-state index is -0.308. The molecule has 0 radical (unpaired) electrons. The van der Waals surface area contributed by atoms with Gasteiger partial charge in [-0.2, -0.15) is 0 Å². The van der Waals surface area contributed by atoms with Gasteiger partial charge in [-0.3, -0.25) is 4.79 Å². The molecule has 1 saturated heterocycles. The van der Waals surface area contributed by atoms with Crippen LogP contribution < -0.4 is 10.2 Å². The SMILES string of the molecule is O=C(NC1CCOCC1)c1nc2c(N3CC(CCO)c4cc(F)ccc43)ncnc2s1. The van der Waals surface area contributed by atoms with E-state index in [-0.39, 0.29) is 30.3 Å². The van der Waals surface area contributed by atoms with Crippen molar-refractivity contribution in [3.63, 3.8) is 0 Å². The average Bonchev–Trinajstić information content (AvgIpc) is 3.36. The monoisotopic (exact) mass is 443 g/mol. The first-order chi connectivity index (χ1) is 15.1. The number of ether oxygens (including phenoxy) is 1. The number of hydrogen-bond acceptors (Lipinski definition) is 8. The number of benzene rings is 1. The Hall–Kier alpha value is -2.69. The first-order valence-electron chi connectivity index (χ1n) is 10.3.